The van der Waals surface area contributed by atoms with E-state index in [1.807, 2.05) is 25.2 Å². The summed E-state index contributed by atoms with van der Waals surface area (Å²) in [6.45, 7) is 1.50. The highest BCUT2D eigenvalue weighted by atomic mass is 16.5. The number of nitrogens with one attached hydrogen (secondary N) is 1. The van der Waals surface area contributed by atoms with Gasteiger partial charge < -0.3 is 20.1 Å². The second-order valence-corrected chi connectivity index (χ2v) is 4.43. The molecule has 1 aromatic carbocycles. The maximum absolute atomic E-state index is 7.65. The Bertz CT molecular complexity index is 442. The minimum atomic E-state index is 0.0680. The number of hydrogen-bond acceptors (Lipinski definition) is 4. The van der Waals surface area contributed by atoms with Crippen LogP contribution in [0.2, 0.25) is 0 Å². The van der Waals surface area contributed by atoms with Crippen LogP contribution in [0.25, 0.3) is 0 Å². The fourth-order valence-corrected chi connectivity index (χ4v) is 2.18. The van der Waals surface area contributed by atoms with Crippen LogP contribution in [0.1, 0.15) is 12.0 Å². The lowest BCUT2D eigenvalue weighted by molar-refractivity contribution is 0.193. The molecule has 3 N–H and O–H groups in total. The van der Waals surface area contributed by atoms with Crippen molar-refractivity contribution in [2.75, 3.05) is 32.3 Å². The quantitative estimate of drug-likeness (QED) is 0.621. The SMILES string of the molecule is COc1ccc(C(=N)N)c(N(C)C2CCOC2)c1. The topological polar surface area (TPSA) is 71.6 Å². The number of rotatable bonds is 4. The number of nitrogen functional groups attached to an aromatic ring is 1. The fourth-order valence-electron chi connectivity index (χ4n) is 2.18. The molecule has 1 saturated heterocycles. The Kier molecular flexibility index (Phi) is 3.72. The van der Waals surface area contributed by atoms with Crippen LogP contribution < -0.4 is 15.4 Å². The summed E-state index contributed by atoms with van der Waals surface area (Å²) < 4.78 is 10.6. The molecule has 0 spiro atoms. The Morgan fingerprint density at radius 3 is 2.89 bits per heavy atom. The van der Waals surface area contributed by atoms with Gasteiger partial charge in [0.25, 0.3) is 0 Å². The fraction of sp³-hybridized carbons (Fsp3) is 0.462. The minimum absolute atomic E-state index is 0.0680. The average Bonchev–Trinajstić information content (AvgIpc) is 2.90. The molecule has 18 heavy (non-hydrogen) atoms. The Morgan fingerprint density at radius 2 is 2.33 bits per heavy atom. The van der Waals surface area contributed by atoms with E-state index in [1.54, 1.807) is 7.11 Å². The monoisotopic (exact) mass is 249 g/mol. The van der Waals surface area contributed by atoms with Crippen molar-refractivity contribution in [1.29, 1.82) is 5.41 Å². The zero-order chi connectivity index (χ0) is 13.1. The van der Waals surface area contributed by atoms with Crippen LogP contribution in [0, 0.1) is 5.41 Å². The number of likely N-dealkylation sites (N-methyl/N-ethyl adjacent to an activating group) is 1. The third-order valence-electron chi connectivity index (χ3n) is 3.33. The van der Waals surface area contributed by atoms with Crippen molar-refractivity contribution >= 4 is 11.5 Å². The van der Waals surface area contributed by atoms with E-state index in [9.17, 15) is 0 Å². The van der Waals surface area contributed by atoms with Crippen molar-refractivity contribution in [2.24, 2.45) is 5.73 Å². The van der Waals surface area contributed by atoms with E-state index in [2.05, 4.69) is 4.90 Å². The number of nitrogens with two attached hydrogens (primary N) is 1. The lowest BCUT2D eigenvalue weighted by Crippen LogP contribution is -2.33. The van der Waals surface area contributed by atoms with Gasteiger partial charge >= 0.3 is 0 Å². The van der Waals surface area contributed by atoms with Gasteiger partial charge in [0.05, 0.1) is 25.4 Å². The summed E-state index contributed by atoms with van der Waals surface area (Å²) in [7, 11) is 3.63. The highest BCUT2D eigenvalue weighted by Gasteiger charge is 2.23. The van der Waals surface area contributed by atoms with E-state index in [0.29, 0.717) is 12.6 Å². The summed E-state index contributed by atoms with van der Waals surface area (Å²) in [5.74, 6) is 0.833. The van der Waals surface area contributed by atoms with Gasteiger partial charge in [-0.2, -0.15) is 0 Å². The standard InChI is InChI=1S/C13H19N3O2/c1-16(9-5-6-18-8-9)12-7-10(17-2)3-4-11(12)13(14)15/h3-4,7,9H,5-6,8H2,1-2H3,(H3,14,15). The van der Waals surface area contributed by atoms with Gasteiger partial charge in [0.2, 0.25) is 0 Å². The van der Waals surface area contributed by atoms with E-state index in [1.165, 1.54) is 0 Å². The van der Waals surface area contributed by atoms with E-state index in [4.69, 9.17) is 20.6 Å². The van der Waals surface area contributed by atoms with Crippen LogP contribution in [0.5, 0.6) is 5.75 Å². The smallest absolute Gasteiger partial charge is 0.124 e. The van der Waals surface area contributed by atoms with Gasteiger partial charge in [0.15, 0.2) is 0 Å². The van der Waals surface area contributed by atoms with Crippen LogP contribution in [0.15, 0.2) is 18.2 Å². The molecule has 1 unspecified atom stereocenters. The van der Waals surface area contributed by atoms with Gasteiger partial charge in [0, 0.05) is 25.3 Å². The van der Waals surface area contributed by atoms with Crippen molar-refractivity contribution in [2.45, 2.75) is 12.5 Å². The van der Waals surface area contributed by atoms with Gasteiger partial charge in [-0.15, -0.1) is 0 Å². The van der Waals surface area contributed by atoms with Gasteiger partial charge in [-0.1, -0.05) is 0 Å². The lowest BCUT2D eigenvalue weighted by atomic mass is 10.1. The van der Waals surface area contributed by atoms with Crippen LogP contribution in [-0.2, 0) is 4.74 Å². The Hall–Kier alpha value is -1.75. The molecule has 0 bridgehead atoms. The summed E-state index contributed by atoms with van der Waals surface area (Å²) in [4.78, 5) is 2.12. The number of benzene rings is 1. The van der Waals surface area contributed by atoms with Crippen molar-refractivity contribution in [3.8, 4) is 5.75 Å². The molecule has 5 heteroatoms. The molecular weight excluding hydrogens is 230 g/mol. The van der Waals surface area contributed by atoms with Gasteiger partial charge in [-0.05, 0) is 18.6 Å². The Morgan fingerprint density at radius 1 is 1.56 bits per heavy atom. The average molecular weight is 249 g/mol. The molecule has 1 aromatic rings. The van der Waals surface area contributed by atoms with Gasteiger partial charge in [-0.3, -0.25) is 5.41 Å². The Labute approximate surface area is 107 Å². The summed E-state index contributed by atoms with van der Waals surface area (Å²) in [6.07, 6.45) is 0.991. The zero-order valence-corrected chi connectivity index (χ0v) is 10.8. The number of hydrogen-bond donors (Lipinski definition) is 2. The zero-order valence-electron chi connectivity index (χ0n) is 10.8. The van der Waals surface area contributed by atoms with Crippen LogP contribution in [0.3, 0.4) is 0 Å². The summed E-state index contributed by atoms with van der Waals surface area (Å²) in [5, 5.41) is 7.65. The molecular formula is C13H19N3O2. The van der Waals surface area contributed by atoms with Gasteiger partial charge in [-0.25, -0.2) is 0 Å². The summed E-state index contributed by atoms with van der Waals surface area (Å²) in [6, 6.07) is 5.88. The molecule has 2 rings (SSSR count). The molecule has 1 aliphatic rings. The maximum Gasteiger partial charge on any atom is 0.124 e. The van der Waals surface area contributed by atoms with Gasteiger partial charge in [0.1, 0.15) is 11.6 Å². The maximum atomic E-state index is 7.65. The second kappa shape index (κ2) is 5.27. The van der Waals surface area contributed by atoms with Crippen molar-refractivity contribution in [3.05, 3.63) is 23.8 Å². The molecule has 98 valence electrons. The van der Waals surface area contributed by atoms with Crippen molar-refractivity contribution in [3.63, 3.8) is 0 Å². The largest absolute Gasteiger partial charge is 0.497 e. The van der Waals surface area contributed by atoms with E-state index < -0.39 is 0 Å². The van der Waals surface area contributed by atoms with Crippen molar-refractivity contribution in [1.82, 2.24) is 0 Å². The Balaban J connectivity index is 2.35. The first-order valence-corrected chi connectivity index (χ1v) is 5.96. The summed E-state index contributed by atoms with van der Waals surface area (Å²) >= 11 is 0. The number of ether oxygens (including phenoxy) is 2. The molecule has 0 saturated carbocycles. The number of amidine groups is 1. The molecule has 1 aliphatic heterocycles. The van der Waals surface area contributed by atoms with E-state index in [0.717, 1.165) is 30.0 Å². The lowest BCUT2D eigenvalue weighted by Gasteiger charge is -2.27. The summed E-state index contributed by atoms with van der Waals surface area (Å²) in [5.41, 5.74) is 7.27. The number of methoxy groups -OCH3 is 1. The molecule has 5 nitrogen and oxygen atoms in total. The number of anilines is 1. The van der Waals surface area contributed by atoms with E-state index >= 15 is 0 Å². The molecule has 1 heterocycles. The molecule has 1 fully saturated rings. The highest BCUT2D eigenvalue weighted by molar-refractivity contribution is 6.00. The van der Waals surface area contributed by atoms with Crippen LogP contribution in [0.4, 0.5) is 5.69 Å². The predicted octanol–water partition coefficient (Wildman–Crippen LogP) is 1.20. The first-order chi connectivity index (χ1) is 8.63. The highest BCUT2D eigenvalue weighted by Crippen LogP contribution is 2.28. The normalized spacial score (nSPS) is 18.7. The molecule has 0 aromatic heterocycles. The second-order valence-electron chi connectivity index (χ2n) is 4.43. The molecule has 1 atom stereocenters. The predicted molar refractivity (Wildman–Crippen MR) is 71.6 cm³/mol. The first kappa shape index (κ1) is 12.7. The molecule has 0 radical (unpaired) electrons. The van der Waals surface area contributed by atoms with E-state index in [-0.39, 0.29) is 5.84 Å². The van der Waals surface area contributed by atoms with Crippen LogP contribution in [-0.4, -0.2) is 39.2 Å². The third kappa shape index (κ3) is 2.41. The minimum Gasteiger partial charge on any atom is -0.497 e. The first-order valence-electron chi connectivity index (χ1n) is 5.96. The van der Waals surface area contributed by atoms with Crippen LogP contribution >= 0.6 is 0 Å². The third-order valence-corrected chi connectivity index (χ3v) is 3.33. The molecule has 0 amide bonds. The van der Waals surface area contributed by atoms with Crippen molar-refractivity contribution < 1.29 is 9.47 Å². The number of nitrogens with zero attached hydrogens (tertiary/aromatic N) is 1. The molecule has 0 aliphatic carbocycles.